The van der Waals surface area contributed by atoms with Crippen LogP contribution in [0.5, 0.6) is 5.75 Å². The van der Waals surface area contributed by atoms with Crippen LogP contribution in [0.4, 0.5) is 0 Å². The van der Waals surface area contributed by atoms with Gasteiger partial charge in [-0.05, 0) is 25.1 Å². The quantitative estimate of drug-likeness (QED) is 0.805. The Hall–Kier alpha value is -0.0200. The molecule has 0 aliphatic carbocycles. The van der Waals surface area contributed by atoms with Crippen molar-refractivity contribution >= 4 is 31.9 Å². The highest BCUT2D eigenvalue weighted by molar-refractivity contribution is 9.11. The molecule has 0 unspecified atom stereocenters. The van der Waals surface area contributed by atoms with E-state index in [0.717, 1.165) is 14.7 Å². The third-order valence-electron chi connectivity index (χ3n) is 1.10. The first-order valence-electron chi connectivity index (χ1n) is 3.10. The molecule has 0 spiro atoms. The summed E-state index contributed by atoms with van der Waals surface area (Å²) in [5.74, 6) is 0.821. The van der Waals surface area contributed by atoms with Crippen LogP contribution in [-0.4, -0.2) is 6.61 Å². The van der Waals surface area contributed by atoms with Crippen molar-refractivity contribution in [1.82, 2.24) is 0 Å². The molecule has 3 heteroatoms. The Labute approximate surface area is 83.0 Å². The van der Waals surface area contributed by atoms with E-state index in [-0.39, 0.29) is 0 Å². The second kappa shape index (κ2) is 4.12. The molecule has 0 bridgehead atoms. The van der Waals surface area contributed by atoms with E-state index in [1.807, 2.05) is 18.2 Å². The van der Waals surface area contributed by atoms with Gasteiger partial charge in [0.1, 0.15) is 5.75 Å². The predicted molar refractivity (Wildman–Crippen MR) is 52.7 cm³/mol. The van der Waals surface area contributed by atoms with E-state index in [2.05, 4.69) is 38.8 Å². The van der Waals surface area contributed by atoms with Crippen molar-refractivity contribution < 1.29 is 4.74 Å². The van der Waals surface area contributed by atoms with Crippen molar-refractivity contribution in [3.63, 3.8) is 0 Å². The minimum absolute atomic E-state index is 0.447. The lowest BCUT2D eigenvalue weighted by Gasteiger charge is -2.03. The van der Waals surface area contributed by atoms with E-state index in [9.17, 15) is 0 Å². The maximum absolute atomic E-state index is 5.20. The fourth-order valence-corrected chi connectivity index (χ4v) is 1.98. The molecule has 1 aromatic rings. The molecular weight excluding hydrogens is 272 g/mol. The van der Waals surface area contributed by atoms with Gasteiger partial charge in [0.2, 0.25) is 0 Å². The van der Waals surface area contributed by atoms with Crippen LogP contribution in [0, 0.1) is 6.92 Å². The summed E-state index contributed by atoms with van der Waals surface area (Å²) in [6, 6.07) is 5.75. The number of rotatable bonds is 2. The van der Waals surface area contributed by atoms with Gasteiger partial charge in [-0.25, -0.2) is 0 Å². The molecule has 59 valence electrons. The second-order valence-corrected chi connectivity index (χ2v) is 3.78. The Bertz CT molecular complexity index is 228. The van der Waals surface area contributed by atoms with E-state index in [1.165, 1.54) is 0 Å². The van der Waals surface area contributed by atoms with Crippen LogP contribution in [0.3, 0.4) is 0 Å². The zero-order valence-corrected chi connectivity index (χ0v) is 8.98. The summed E-state index contributed by atoms with van der Waals surface area (Å²) < 4.78 is 7.19. The normalized spacial score (nSPS) is 9.73. The van der Waals surface area contributed by atoms with Gasteiger partial charge in [-0.2, -0.15) is 0 Å². The molecule has 0 aliphatic heterocycles. The highest BCUT2D eigenvalue weighted by atomic mass is 79.9. The van der Waals surface area contributed by atoms with Crippen LogP contribution < -0.4 is 4.74 Å². The summed E-state index contributed by atoms with van der Waals surface area (Å²) in [5.41, 5.74) is 0. The fraction of sp³-hybridized carbons (Fsp3) is 0.125. The Morgan fingerprint density at radius 2 is 1.73 bits per heavy atom. The highest BCUT2D eigenvalue weighted by Gasteiger charge is 1.96. The molecule has 1 aromatic carbocycles. The van der Waals surface area contributed by atoms with Crippen LogP contribution in [0.2, 0.25) is 0 Å². The van der Waals surface area contributed by atoms with E-state index in [4.69, 9.17) is 4.74 Å². The number of hydrogen-bond donors (Lipinski definition) is 0. The second-order valence-electron chi connectivity index (χ2n) is 1.95. The molecule has 0 aliphatic rings. The van der Waals surface area contributed by atoms with Gasteiger partial charge >= 0.3 is 0 Å². The molecular formula is C8H7Br2O. The summed E-state index contributed by atoms with van der Waals surface area (Å²) in [5, 5.41) is 0. The molecule has 0 heterocycles. The number of halogens is 2. The third-order valence-corrected chi connectivity index (χ3v) is 2.02. The molecule has 0 N–H and O–H groups in total. The molecule has 1 rings (SSSR count). The molecule has 0 atom stereocenters. The van der Waals surface area contributed by atoms with Crippen LogP contribution in [0.1, 0.15) is 0 Å². The van der Waals surface area contributed by atoms with Gasteiger partial charge in [-0.15, -0.1) is 0 Å². The van der Waals surface area contributed by atoms with Gasteiger partial charge in [0.05, 0.1) is 6.61 Å². The van der Waals surface area contributed by atoms with Crippen molar-refractivity contribution in [1.29, 1.82) is 0 Å². The summed E-state index contributed by atoms with van der Waals surface area (Å²) in [6.07, 6.45) is 0. The van der Waals surface area contributed by atoms with Crippen molar-refractivity contribution in [2.45, 2.75) is 0 Å². The molecule has 0 aromatic heterocycles. The minimum Gasteiger partial charge on any atom is -0.494 e. The van der Waals surface area contributed by atoms with Crippen molar-refractivity contribution in [3.05, 3.63) is 34.1 Å². The lowest BCUT2D eigenvalue weighted by molar-refractivity contribution is 0.360. The lowest BCUT2D eigenvalue weighted by Crippen LogP contribution is -1.90. The van der Waals surface area contributed by atoms with E-state index >= 15 is 0 Å². The van der Waals surface area contributed by atoms with Gasteiger partial charge < -0.3 is 4.74 Å². The molecule has 0 fully saturated rings. The smallest absolute Gasteiger partial charge is 0.121 e. The number of hydrogen-bond acceptors (Lipinski definition) is 1. The average Bonchev–Trinajstić information content (AvgIpc) is 1.85. The zero-order valence-electron chi connectivity index (χ0n) is 5.81. The topological polar surface area (TPSA) is 9.23 Å². The third kappa shape index (κ3) is 2.83. The molecule has 11 heavy (non-hydrogen) atoms. The fourth-order valence-electron chi connectivity index (χ4n) is 0.730. The van der Waals surface area contributed by atoms with Crippen molar-refractivity contribution in [2.24, 2.45) is 0 Å². The summed E-state index contributed by atoms with van der Waals surface area (Å²) in [4.78, 5) is 0. The first kappa shape index (κ1) is 9.07. The Morgan fingerprint density at radius 3 is 2.18 bits per heavy atom. The summed E-state index contributed by atoms with van der Waals surface area (Å²) in [6.45, 7) is 4.03. The van der Waals surface area contributed by atoms with Gasteiger partial charge in [0, 0.05) is 8.95 Å². The van der Waals surface area contributed by atoms with Gasteiger partial charge in [-0.3, -0.25) is 0 Å². The largest absolute Gasteiger partial charge is 0.494 e. The molecule has 1 nitrogen and oxygen atoms in total. The van der Waals surface area contributed by atoms with Gasteiger partial charge in [0.15, 0.2) is 0 Å². The van der Waals surface area contributed by atoms with Crippen molar-refractivity contribution in [3.8, 4) is 5.75 Å². The Morgan fingerprint density at radius 1 is 1.18 bits per heavy atom. The predicted octanol–water partition coefficient (Wildman–Crippen LogP) is 3.42. The molecule has 0 saturated carbocycles. The van der Waals surface area contributed by atoms with Crippen molar-refractivity contribution in [2.75, 3.05) is 6.61 Å². The van der Waals surface area contributed by atoms with Crippen LogP contribution in [-0.2, 0) is 0 Å². The zero-order chi connectivity index (χ0) is 8.27. The maximum atomic E-state index is 5.20. The average molecular weight is 279 g/mol. The number of ether oxygens (including phenoxy) is 1. The Kier molecular flexibility index (Phi) is 3.40. The van der Waals surface area contributed by atoms with E-state index in [1.54, 1.807) is 0 Å². The van der Waals surface area contributed by atoms with E-state index in [0.29, 0.717) is 6.61 Å². The SMILES string of the molecule is [CH2]COc1cc(Br)cc(Br)c1. The molecule has 0 saturated heterocycles. The highest BCUT2D eigenvalue weighted by Crippen LogP contribution is 2.24. The van der Waals surface area contributed by atoms with Crippen LogP contribution >= 0.6 is 31.9 Å². The number of benzene rings is 1. The monoisotopic (exact) mass is 277 g/mol. The van der Waals surface area contributed by atoms with E-state index < -0.39 is 0 Å². The lowest BCUT2D eigenvalue weighted by atomic mass is 10.3. The van der Waals surface area contributed by atoms with Crippen LogP contribution in [0.25, 0.3) is 0 Å². The standard InChI is InChI=1S/C8H7Br2O/c1-2-11-8-4-6(9)3-7(10)5-8/h3-5H,1-2H2. The first-order chi connectivity index (χ1) is 5.22. The van der Waals surface area contributed by atoms with Gasteiger partial charge in [-0.1, -0.05) is 31.9 Å². The summed E-state index contributed by atoms with van der Waals surface area (Å²) >= 11 is 6.71. The van der Waals surface area contributed by atoms with Crippen LogP contribution in [0.15, 0.2) is 27.1 Å². The first-order valence-corrected chi connectivity index (χ1v) is 4.69. The minimum atomic E-state index is 0.447. The van der Waals surface area contributed by atoms with Gasteiger partial charge in [0.25, 0.3) is 0 Å². The molecule has 1 radical (unpaired) electrons. The maximum Gasteiger partial charge on any atom is 0.121 e. The summed E-state index contributed by atoms with van der Waals surface area (Å²) in [7, 11) is 0. The molecule has 0 amide bonds. The Balaban J connectivity index is 2.89.